The van der Waals surface area contributed by atoms with Crippen LogP contribution in [0.2, 0.25) is 0 Å². The Kier molecular flexibility index (Phi) is 5.44. The summed E-state index contributed by atoms with van der Waals surface area (Å²) in [6, 6.07) is 8.17. The van der Waals surface area contributed by atoms with Crippen molar-refractivity contribution in [3.05, 3.63) is 24.3 Å². The highest BCUT2D eigenvalue weighted by Crippen LogP contribution is 2.32. The SMILES string of the molecule is CCCNC(=O)N1CCN(CCN(C)C)c2ccccc21. The van der Waals surface area contributed by atoms with Gasteiger partial charge >= 0.3 is 6.03 Å². The third-order valence-electron chi connectivity index (χ3n) is 3.70. The first-order valence-corrected chi connectivity index (χ1v) is 7.67. The molecule has 0 radical (unpaired) electrons. The number of carbonyl (C=O) groups excluding carboxylic acids is 1. The molecule has 1 heterocycles. The third kappa shape index (κ3) is 3.88. The van der Waals surface area contributed by atoms with Gasteiger partial charge in [0.2, 0.25) is 0 Å². The van der Waals surface area contributed by atoms with Crippen LogP contribution in [0.15, 0.2) is 24.3 Å². The summed E-state index contributed by atoms with van der Waals surface area (Å²) >= 11 is 0. The van der Waals surface area contributed by atoms with E-state index in [0.717, 1.165) is 50.5 Å². The molecule has 1 N–H and O–H groups in total. The lowest BCUT2D eigenvalue weighted by Gasteiger charge is -2.38. The third-order valence-corrected chi connectivity index (χ3v) is 3.70. The number of carbonyl (C=O) groups is 1. The van der Waals surface area contributed by atoms with Gasteiger partial charge in [0.05, 0.1) is 11.4 Å². The van der Waals surface area contributed by atoms with E-state index in [1.165, 1.54) is 0 Å². The van der Waals surface area contributed by atoms with Gasteiger partial charge in [-0.2, -0.15) is 0 Å². The van der Waals surface area contributed by atoms with E-state index in [1.54, 1.807) is 0 Å². The molecule has 2 rings (SSSR count). The number of hydrogen-bond acceptors (Lipinski definition) is 3. The molecule has 0 bridgehead atoms. The molecule has 0 saturated heterocycles. The van der Waals surface area contributed by atoms with Crippen molar-refractivity contribution in [2.24, 2.45) is 0 Å². The fourth-order valence-corrected chi connectivity index (χ4v) is 2.51. The topological polar surface area (TPSA) is 38.8 Å². The highest BCUT2D eigenvalue weighted by atomic mass is 16.2. The monoisotopic (exact) mass is 290 g/mol. The van der Waals surface area contributed by atoms with Crippen molar-refractivity contribution >= 4 is 17.4 Å². The predicted molar refractivity (Wildman–Crippen MR) is 88.2 cm³/mol. The number of nitrogens with zero attached hydrogens (tertiary/aromatic N) is 3. The van der Waals surface area contributed by atoms with Crippen LogP contribution in [0.4, 0.5) is 16.2 Å². The summed E-state index contributed by atoms with van der Waals surface area (Å²) in [5.74, 6) is 0. The van der Waals surface area contributed by atoms with Crippen molar-refractivity contribution in [3.63, 3.8) is 0 Å². The number of nitrogens with one attached hydrogen (secondary N) is 1. The summed E-state index contributed by atoms with van der Waals surface area (Å²) in [5, 5.41) is 2.97. The van der Waals surface area contributed by atoms with Gasteiger partial charge < -0.3 is 15.1 Å². The van der Waals surface area contributed by atoms with Crippen molar-refractivity contribution in [2.75, 3.05) is 56.6 Å². The molecule has 1 aliphatic heterocycles. The van der Waals surface area contributed by atoms with Crippen LogP contribution in [0.5, 0.6) is 0 Å². The molecule has 5 nitrogen and oxygen atoms in total. The van der Waals surface area contributed by atoms with Crippen LogP contribution in [0.25, 0.3) is 0 Å². The molecule has 0 unspecified atom stereocenters. The molecule has 5 heteroatoms. The summed E-state index contributed by atoms with van der Waals surface area (Å²) in [4.78, 5) is 18.7. The molecule has 116 valence electrons. The number of likely N-dealkylation sites (N-methyl/N-ethyl adjacent to an activating group) is 1. The predicted octanol–water partition coefficient (Wildman–Crippen LogP) is 1.99. The number of urea groups is 1. The highest BCUT2D eigenvalue weighted by Gasteiger charge is 2.25. The van der Waals surface area contributed by atoms with Gasteiger partial charge in [0.15, 0.2) is 0 Å². The number of amides is 2. The Morgan fingerprint density at radius 2 is 1.95 bits per heavy atom. The zero-order valence-electron chi connectivity index (χ0n) is 13.3. The van der Waals surface area contributed by atoms with Gasteiger partial charge in [-0.15, -0.1) is 0 Å². The van der Waals surface area contributed by atoms with Crippen molar-refractivity contribution in [2.45, 2.75) is 13.3 Å². The van der Waals surface area contributed by atoms with E-state index in [2.05, 4.69) is 42.2 Å². The van der Waals surface area contributed by atoms with Crippen LogP contribution in [0, 0.1) is 0 Å². The van der Waals surface area contributed by atoms with Crippen molar-refractivity contribution in [3.8, 4) is 0 Å². The lowest BCUT2D eigenvalue weighted by molar-refractivity contribution is 0.246. The van der Waals surface area contributed by atoms with Gasteiger partial charge in [-0.1, -0.05) is 19.1 Å². The zero-order chi connectivity index (χ0) is 15.2. The zero-order valence-corrected chi connectivity index (χ0v) is 13.3. The van der Waals surface area contributed by atoms with Crippen LogP contribution >= 0.6 is 0 Å². The number of benzene rings is 1. The molecule has 0 aliphatic carbocycles. The molecule has 1 aromatic carbocycles. The molecular formula is C16H26N4O. The molecule has 0 spiro atoms. The number of rotatable bonds is 5. The van der Waals surface area contributed by atoms with Gasteiger partial charge in [-0.25, -0.2) is 4.79 Å². The molecule has 1 aromatic rings. The van der Waals surface area contributed by atoms with Crippen LogP contribution in [-0.2, 0) is 0 Å². The van der Waals surface area contributed by atoms with E-state index < -0.39 is 0 Å². The minimum Gasteiger partial charge on any atom is -0.367 e. The molecule has 21 heavy (non-hydrogen) atoms. The Labute approximate surface area is 127 Å². The maximum atomic E-state index is 12.3. The van der Waals surface area contributed by atoms with Gasteiger partial charge in [0.25, 0.3) is 0 Å². The van der Waals surface area contributed by atoms with Crippen LogP contribution in [0.1, 0.15) is 13.3 Å². The Balaban J connectivity index is 2.14. The molecular weight excluding hydrogens is 264 g/mol. The fraction of sp³-hybridized carbons (Fsp3) is 0.562. The lowest BCUT2D eigenvalue weighted by atomic mass is 10.1. The summed E-state index contributed by atoms with van der Waals surface area (Å²) in [7, 11) is 4.17. The Bertz CT molecular complexity index is 475. The second-order valence-electron chi connectivity index (χ2n) is 5.66. The molecule has 0 saturated carbocycles. The van der Waals surface area contributed by atoms with E-state index >= 15 is 0 Å². The maximum Gasteiger partial charge on any atom is 0.322 e. The Morgan fingerprint density at radius 1 is 1.24 bits per heavy atom. The molecule has 2 amide bonds. The summed E-state index contributed by atoms with van der Waals surface area (Å²) in [6.07, 6.45) is 0.955. The highest BCUT2D eigenvalue weighted by molar-refractivity contribution is 5.96. The number of anilines is 2. The average molecular weight is 290 g/mol. The van der Waals surface area contributed by atoms with Crippen molar-refractivity contribution in [1.29, 1.82) is 0 Å². The van der Waals surface area contributed by atoms with Gasteiger partial charge in [-0.05, 0) is 32.6 Å². The van der Waals surface area contributed by atoms with Gasteiger partial charge in [0.1, 0.15) is 0 Å². The Morgan fingerprint density at radius 3 is 2.62 bits per heavy atom. The van der Waals surface area contributed by atoms with E-state index in [0.29, 0.717) is 0 Å². The van der Waals surface area contributed by atoms with E-state index in [4.69, 9.17) is 0 Å². The number of para-hydroxylation sites is 2. The smallest absolute Gasteiger partial charge is 0.322 e. The van der Waals surface area contributed by atoms with Crippen LogP contribution in [-0.4, -0.2) is 57.8 Å². The normalized spacial score (nSPS) is 14.3. The summed E-state index contributed by atoms with van der Waals surface area (Å²) in [6.45, 7) is 6.39. The van der Waals surface area contributed by atoms with Crippen LogP contribution < -0.4 is 15.1 Å². The summed E-state index contributed by atoms with van der Waals surface area (Å²) < 4.78 is 0. The Hall–Kier alpha value is -1.75. The number of hydrogen-bond donors (Lipinski definition) is 1. The van der Waals surface area contributed by atoms with Gasteiger partial charge in [-0.3, -0.25) is 4.90 Å². The second-order valence-corrected chi connectivity index (χ2v) is 5.66. The largest absolute Gasteiger partial charge is 0.367 e. The fourth-order valence-electron chi connectivity index (χ4n) is 2.51. The first-order chi connectivity index (χ1) is 10.1. The van der Waals surface area contributed by atoms with E-state index in [9.17, 15) is 4.79 Å². The minimum absolute atomic E-state index is 0.0107. The minimum atomic E-state index is 0.0107. The quantitative estimate of drug-likeness (QED) is 0.901. The summed E-state index contributed by atoms with van der Waals surface area (Å²) in [5.41, 5.74) is 2.16. The average Bonchev–Trinajstić information content (AvgIpc) is 2.50. The van der Waals surface area contributed by atoms with Crippen LogP contribution in [0.3, 0.4) is 0 Å². The maximum absolute atomic E-state index is 12.3. The molecule has 0 atom stereocenters. The first kappa shape index (κ1) is 15.6. The lowest BCUT2D eigenvalue weighted by Crippen LogP contribution is -2.49. The van der Waals surface area contributed by atoms with E-state index in [1.807, 2.05) is 23.1 Å². The number of fused-ring (bicyclic) bond motifs is 1. The molecule has 0 fully saturated rings. The van der Waals surface area contributed by atoms with Crippen molar-refractivity contribution in [1.82, 2.24) is 10.2 Å². The van der Waals surface area contributed by atoms with E-state index in [-0.39, 0.29) is 6.03 Å². The second kappa shape index (κ2) is 7.31. The molecule has 0 aromatic heterocycles. The van der Waals surface area contributed by atoms with Crippen molar-refractivity contribution < 1.29 is 4.79 Å². The molecule has 1 aliphatic rings. The van der Waals surface area contributed by atoms with Gasteiger partial charge in [0, 0.05) is 32.7 Å². The first-order valence-electron chi connectivity index (χ1n) is 7.67. The standard InChI is InChI=1S/C16H26N4O/c1-4-9-17-16(21)20-13-12-19(11-10-18(2)3)14-7-5-6-8-15(14)20/h5-8H,4,9-13H2,1-3H3,(H,17,21).